The van der Waals surface area contributed by atoms with E-state index in [4.69, 9.17) is 23.2 Å². The van der Waals surface area contributed by atoms with Gasteiger partial charge in [-0.3, -0.25) is 0 Å². The fraction of sp³-hybridized carbons (Fsp3) is 0. The first-order valence-electron chi connectivity index (χ1n) is 6.46. The molecule has 0 spiro atoms. The summed E-state index contributed by atoms with van der Waals surface area (Å²) in [7, 11) is 0. The van der Waals surface area contributed by atoms with Gasteiger partial charge in [-0.25, -0.2) is 0 Å². The van der Waals surface area contributed by atoms with Crippen molar-refractivity contribution in [3.63, 3.8) is 0 Å². The lowest BCUT2D eigenvalue weighted by atomic mass is 10.0. The topological polar surface area (TPSA) is 0 Å². The molecule has 0 saturated heterocycles. The van der Waals surface area contributed by atoms with Crippen LogP contribution >= 0.6 is 45.8 Å². The highest BCUT2D eigenvalue weighted by atomic mass is 127. The Kier molecular flexibility index (Phi) is 4.53. The molecule has 21 heavy (non-hydrogen) atoms. The molecule has 0 bridgehead atoms. The fourth-order valence-corrected chi connectivity index (χ4v) is 3.46. The van der Waals surface area contributed by atoms with Crippen molar-refractivity contribution >= 4 is 68.7 Å². The molecule has 3 heteroatoms. The second-order valence-electron chi connectivity index (χ2n) is 4.66. The van der Waals surface area contributed by atoms with E-state index in [9.17, 15) is 0 Å². The predicted molar refractivity (Wildman–Crippen MR) is 102 cm³/mol. The average molecular weight is 425 g/mol. The molecule has 0 aliphatic heterocycles. The summed E-state index contributed by atoms with van der Waals surface area (Å²) in [4.78, 5) is 0. The van der Waals surface area contributed by atoms with Gasteiger partial charge < -0.3 is 0 Å². The van der Waals surface area contributed by atoms with E-state index in [1.807, 2.05) is 24.3 Å². The van der Waals surface area contributed by atoms with Crippen LogP contribution in [0.2, 0.25) is 10.0 Å². The smallest absolute Gasteiger partial charge is 0.0546 e. The van der Waals surface area contributed by atoms with E-state index in [0.717, 1.165) is 14.2 Å². The van der Waals surface area contributed by atoms with Crippen LogP contribution in [0.1, 0.15) is 11.1 Å². The Bertz CT molecular complexity index is 832. The molecule has 0 fully saturated rings. The Hall–Kier alpha value is -1.03. The fourth-order valence-electron chi connectivity index (χ4n) is 2.26. The first-order valence-corrected chi connectivity index (χ1v) is 8.29. The summed E-state index contributed by atoms with van der Waals surface area (Å²) in [6, 6.07) is 18.3. The molecule has 0 aromatic heterocycles. The quantitative estimate of drug-likeness (QED) is 0.238. The van der Waals surface area contributed by atoms with Crippen molar-refractivity contribution in [3.8, 4) is 0 Å². The SMILES string of the molecule is Clc1ccc(Cl)c(/C=C\c2cccc3ccccc23)c1I. The Morgan fingerprint density at radius 3 is 2.33 bits per heavy atom. The van der Waals surface area contributed by atoms with Gasteiger partial charge in [-0.05, 0) is 51.1 Å². The minimum Gasteiger partial charge on any atom is -0.0836 e. The number of benzene rings is 3. The minimum atomic E-state index is 0.709. The van der Waals surface area contributed by atoms with Gasteiger partial charge in [0.2, 0.25) is 0 Å². The molecule has 3 rings (SSSR count). The normalized spacial score (nSPS) is 11.4. The first kappa shape index (κ1) is 14.9. The van der Waals surface area contributed by atoms with E-state index in [0.29, 0.717) is 5.02 Å². The standard InChI is InChI=1S/C18H11Cl2I/c19-16-10-11-17(20)18(21)15(16)9-8-13-6-3-5-12-4-1-2-7-14(12)13/h1-11H/b9-8-. The second-order valence-corrected chi connectivity index (χ2v) is 6.55. The minimum absolute atomic E-state index is 0.709. The summed E-state index contributed by atoms with van der Waals surface area (Å²) in [5, 5.41) is 3.88. The maximum atomic E-state index is 6.27. The Balaban J connectivity index is 2.09. The molecule has 0 aliphatic rings. The largest absolute Gasteiger partial charge is 0.0836 e. The van der Waals surface area contributed by atoms with Crippen LogP contribution in [0.5, 0.6) is 0 Å². The Morgan fingerprint density at radius 1 is 0.762 bits per heavy atom. The van der Waals surface area contributed by atoms with Crippen molar-refractivity contribution in [2.75, 3.05) is 0 Å². The molecule has 0 aliphatic carbocycles. The van der Waals surface area contributed by atoms with Gasteiger partial charge in [0.05, 0.1) is 5.02 Å². The lowest BCUT2D eigenvalue weighted by molar-refractivity contribution is 1.59. The molecule has 0 saturated carbocycles. The predicted octanol–water partition coefficient (Wildman–Crippen LogP) is 6.92. The maximum Gasteiger partial charge on any atom is 0.0546 e. The monoisotopic (exact) mass is 424 g/mol. The molecule has 0 unspecified atom stereocenters. The summed E-state index contributed by atoms with van der Waals surface area (Å²) >= 11 is 14.7. The second kappa shape index (κ2) is 6.39. The highest BCUT2D eigenvalue weighted by Gasteiger charge is 2.06. The lowest BCUT2D eigenvalue weighted by Gasteiger charge is -2.05. The third-order valence-electron chi connectivity index (χ3n) is 3.33. The van der Waals surface area contributed by atoms with Gasteiger partial charge in [-0.15, -0.1) is 0 Å². The van der Waals surface area contributed by atoms with Crippen molar-refractivity contribution < 1.29 is 0 Å². The lowest BCUT2D eigenvalue weighted by Crippen LogP contribution is -1.84. The molecule has 0 amide bonds. The summed E-state index contributed by atoms with van der Waals surface area (Å²) in [5.74, 6) is 0. The van der Waals surface area contributed by atoms with E-state index in [2.05, 4.69) is 65.1 Å². The molecule has 3 aromatic carbocycles. The van der Waals surface area contributed by atoms with Crippen LogP contribution in [-0.4, -0.2) is 0 Å². The van der Waals surface area contributed by atoms with Crippen LogP contribution in [0.15, 0.2) is 54.6 Å². The van der Waals surface area contributed by atoms with Crippen LogP contribution in [0.3, 0.4) is 0 Å². The third-order valence-corrected chi connectivity index (χ3v) is 5.46. The zero-order chi connectivity index (χ0) is 14.8. The number of fused-ring (bicyclic) bond motifs is 1. The molecule has 3 aromatic rings. The molecule has 0 atom stereocenters. The summed E-state index contributed by atoms with van der Waals surface area (Å²) in [6.45, 7) is 0. The van der Waals surface area contributed by atoms with E-state index in [1.165, 1.54) is 16.3 Å². The van der Waals surface area contributed by atoms with Gasteiger partial charge in [-0.2, -0.15) is 0 Å². The Labute approximate surface area is 147 Å². The first-order chi connectivity index (χ1) is 10.2. The van der Waals surface area contributed by atoms with Gasteiger partial charge in [0, 0.05) is 14.2 Å². The summed E-state index contributed by atoms with van der Waals surface area (Å²) in [6.07, 6.45) is 4.11. The van der Waals surface area contributed by atoms with Crippen molar-refractivity contribution in [1.82, 2.24) is 0 Å². The third kappa shape index (κ3) is 3.10. The number of rotatable bonds is 2. The van der Waals surface area contributed by atoms with Gasteiger partial charge in [0.15, 0.2) is 0 Å². The number of hydrogen-bond acceptors (Lipinski definition) is 0. The molecule has 0 nitrogen and oxygen atoms in total. The van der Waals surface area contributed by atoms with Crippen molar-refractivity contribution in [2.24, 2.45) is 0 Å². The Morgan fingerprint density at radius 2 is 1.48 bits per heavy atom. The van der Waals surface area contributed by atoms with Crippen molar-refractivity contribution in [3.05, 3.63) is 79.3 Å². The van der Waals surface area contributed by atoms with Crippen LogP contribution in [0.25, 0.3) is 22.9 Å². The van der Waals surface area contributed by atoms with Crippen molar-refractivity contribution in [2.45, 2.75) is 0 Å². The molecule has 0 heterocycles. The van der Waals surface area contributed by atoms with E-state index in [1.54, 1.807) is 0 Å². The average Bonchev–Trinajstić information content (AvgIpc) is 2.51. The number of hydrogen-bond donors (Lipinski definition) is 0. The summed E-state index contributed by atoms with van der Waals surface area (Å²) < 4.78 is 0.971. The molecular weight excluding hydrogens is 414 g/mol. The van der Waals surface area contributed by atoms with Gasteiger partial charge in [0.25, 0.3) is 0 Å². The zero-order valence-electron chi connectivity index (χ0n) is 11.0. The highest BCUT2D eigenvalue weighted by Crippen LogP contribution is 2.30. The van der Waals surface area contributed by atoms with Crippen LogP contribution in [-0.2, 0) is 0 Å². The highest BCUT2D eigenvalue weighted by molar-refractivity contribution is 14.1. The van der Waals surface area contributed by atoms with Crippen molar-refractivity contribution in [1.29, 1.82) is 0 Å². The van der Waals surface area contributed by atoms with E-state index in [-0.39, 0.29) is 0 Å². The summed E-state index contributed by atoms with van der Waals surface area (Å²) in [5.41, 5.74) is 2.12. The van der Waals surface area contributed by atoms with Crippen LogP contribution in [0.4, 0.5) is 0 Å². The molecule has 104 valence electrons. The van der Waals surface area contributed by atoms with Gasteiger partial charge in [-0.1, -0.05) is 77.8 Å². The number of halogens is 3. The molecule has 0 N–H and O–H groups in total. The maximum absolute atomic E-state index is 6.27. The zero-order valence-corrected chi connectivity index (χ0v) is 14.7. The van der Waals surface area contributed by atoms with E-state index < -0.39 is 0 Å². The van der Waals surface area contributed by atoms with Crippen LogP contribution < -0.4 is 0 Å². The van der Waals surface area contributed by atoms with E-state index >= 15 is 0 Å². The molecule has 0 radical (unpaired) electrons. The van der Waals surface area contributed by atoms with Crippen LogP contribution in [0, 0.1) is 3.57 Å². The van der Waals surface area contributed by atoms with Gasteiger partial charge >= 0.3 is 0 Å². The molecular formula is C18H11Cl2I. The van der Waals surface area contributed by atoms with Gasteiger partial charge in [0.1, 0.15) is 0 Å².